The van der Waals surface area contributed by atoms with Crippen molar-refractivity contribution in [3.05, 3.63) is 59.9 Å². The van der Waals surface area contributed by atoms with E-state index in [1.807, 2.05) is 30.0 Å². The Kier molecular flexibility index (Phi) is 5.51. The summed E-state index contributed by atoms with van der Waals surface area (Å²) in [6.07, 6.45) is -0.187. The van der Waals surface area contributed by atoms with Gasteiger partial charge in [0.1, 0.15) is 12.2 Å². The van der Waals surface area contributed by atoms with Gasteiger partial charge in [0.15, 0.2) is 0 Å². The van der Waals surface area contributed by atoms with Crippen LogP contribution < -0.4 is 10.2 Å². The van der Waals surface area contributed by atoms with E-state index in [2.05, 4.69) is 5.32 Å². The van der Waals surface area contributed by atoms with Crippen molar-refractivity contribution in [2.75, 3.05) is 36.4 Å². The molecular formula is C20H22FN3O2. The van der Waals surface area contributed by atoms with Gasteiger partial charge in [0, 0.05) is 31.9 Å². The first-order valence-corrected chi connectivity index (χ1v) is 8.67. The van der Waals surface area contributed by atoms with E-state index in [4.69, 9.17) is 0 Å². The molecule has 0 saturated carbocycles. The zero-order chi connectivity index (χ0) is 18.5. The third-order valence-electron chi connectivity index (χ3n) is 4.44. The molecule has 1 N–H and O–H groups in total. The quantitative estimate of drug-likeness (QED) is 0.858. The van der Waals surface area contributed by atoms with Gasteiger partial charge in [-0.15, -0.1) is 0 Å². The minimum Gasteiger partial charge on any atom is -0.366 e. The van der Waals surface area contributed by atoms with Crippen LogP contribution in [0.3, 0.4) is 0 Å². The van der Waals surface area contributed by atoms with Crippen molar-refractivity contribution in [1.29, 1.82) is 0 Å². The number of benzene rings is 2. The summed E-state index contributed by atoms with van der Waals surface area (Å²) in [6.45, 7) is 3.99. The van der Waals surface area contributed by atoms with Gasteiger partial charge in [-0.05, 0) is 36.8 Å². The monoisotopic (exact) mass is 355 g/mol. The SMILES string of the molecule is Cc1cccc(NC(=O)CC(=O)N2CCN(c3ccccc3F)CC2)c1. The normalized spacial score (nSPS) is 14.2. The second kappa shape index (κ2) is 7.99. The van der Waals surface area contributed by atoms with Crippen molar-refractivity contribution in [1.82, 2.24) is 4.90 Å². The zero-order valence-electron chi connectivity index (χ0n) is 14.7. The fourth-order valence-electron chi connectivity index (χ4n) is 3.08. The van der Waals surface area contributed by atoms with Crippen LogP contribution in [0.1, 0.15) is 12.0 Å². The summed E-state index contributed by atoms with van der Waals surface area (Å²) in [5.74, 6) is -0.787. The highest BCUT2D eigenvalue weighted by atomic mass is 19.1. The lowest BCUT2D eigenvalue weighted by Crippen LogP contribution is -2.49. The maximum atomic E-state index is 13.9. The molecule has 1 heterocycles. The number of amides is 2. The van der Waals surface area contributed by atoms with Crippen LogP contribution in [-0.4, -0.2) is 42.9 Å². The van der Waals surface area contributed by atoms with Crippen LogP contribution in [0.4, 0.5) is 15.8 Å². The first-order chi connectivity index (χ1) is 12.5. The number of piperazine rings is 1. The molecule has 0 atom stereocenters. The Balaban J connectivity index is 1.50. The van der Waals surface area contributed by atoms with Crippen LogP contribution in [0, 0.1) is 12.7 Å². The van der Waals surface area contributed by atoms with Gasteiger partial charge in [-0.25, -0.2) is 4.39 Å². The molecule has 136 valence electrons. The van der Waals surface area contributed by atoms with Crippen molar-refractivity contribution in [2.24, 2.45) is 0 Å². The number of hydrogen-bond donors (Lipinski definition) is 1. The van der Waals surface area contributed by atoms with Gasteiger partial charge < -0.3 is 15.1 Å². The smallest absolute Gasteiger partial charge is 0.233 e. The van der Waals surface area contributed by atoms with Crippen LogP contribution in [0.15, 0.2) is 48.5 Å². The molecule has 0 aliphatic carbocycles. The first kappa shape index (κ1) is 17.9. The molecule has 0 radical (unpaired) electrons. The third-order valence-corrected chi connectivity index (χ3v) is 4.44. The summed E-state index contributed by atoms with van der Waals surface area (Å²) in [7, 11) is 0. The van der Waals surface area contributed by atoms with Crippen molar-refractivity contribution >= 4 is 23.2 Å². The number of aryl methyl sites for hydroxylation is 1. The largest absolute Gasteiger partial charge is 0.366 e. The second-order valence-electron chi connectivity index (χ2n) is 6.41. The van der Waals surface area contributed by atoms with E-state index >= 15 is 0 Å². The first-order valence-electron chi connectivity index (χ1n) is 8.67. The van der Waals surface area contributed by atoms with Gasteiger partial charge in [0.05, 0.1) is 5.69 Å². The van der Waals surface area contributed by atoms with Gasteiger partial charge in [0.25, 0.3) is 0 Å². The molecule has 1 fully saturated rings. The summed E-state index contributed by atoms with van der Waals surface area (Å²) < 4.78 is 13.9. The van der Waals surface area contributed by atoms with Crippen molar-refractivity contribution in [2.45, 2.75) is 13.3 Å². The number of rotatable bonds is 4. The predicted octanol–water partition coefficient (Wildman–Crippen LogP) is 2.81. The molecule has 6 heteroatoms. The van der Waals surface area contributed by atoms with Gasteiger partial charge >= 0.3 is 0 Å². The lowest BCUT2D eigenvalue weighted by atomic mass is 10.2. The van der Waals surface area contributed by atoms with E-state index in [-0.39, 0.29) is 24.1 Å². The highest BCUT2D eigenvalue weighted by Crippen LogP contribution is 2.20. The molecular weight excluding hydrogens is 333 g/mol. The summed E-state index contributed by atoms with van der Waals surface area (Å²) >= 11 is 0. The number of anilines is 2. The topological polar surface area (TPSA) is 52.7 Å². The Morgan fingerprint density at radius 2 is 1.77 bits per heavy atom. The van der Waals surface area contributed by atoms with Gasteiger partial charge in [-0.1, -0.05) is 24.3 Å². The second-order valence-corrected chi connectivity index (χ2v) is 6.41. The maximum absolute atomic E-state index is 13.9. The van der Waals surface area contributed by atoms with Crippen molar-refractivity contribution in [3.63, 3.8) is 0 Å². The molecule has 0 bridgehead atoms. The minimum atomic E-state index is -0.322. The van der Waals surface area contributed by atoms with Gasteiger partial charge in [-0.3, -0.25) is 9.59 Å². The maximum Gasteiger partial charge on any atom is 0.233 e. The molecule has 1 aliphatic rings. The Labute approximate surface area is 152 Å². The number of para-hydroxylation sites is 1. The molecule has 26 heavy (non-hydrogen) atoms. The molecule has 5 nitrogen and oxygen atoms in total. The molecule has 0 spiro atoms. The summed E-state index contributed by atoms with van der Waals surface area (Å²) in [5, 5.41) is 2.75. The number of carbonyl (C=O) groups is 2. The Bertz CT molecular complexity index is 801. The number of carbonyl (C=O) groups excluding carboxylic acids is 2. The Morgan fingerprint density at radius 1 is 1.04 bits per heavy atom. The molecule has 2 amide bonds. The average Bonchev–Trinajstić information content (AvgIpc) is 2.62. The van der Waals surface area contributed by atoms with Crippen LogP contribution in [0.25, 0.3) is 0 Å². The molecule has 0 aromatic heterocycles. The Morgan fingerprint density at radius 3 is 2.46 bits per heavy atom. The van der Waals surface area contributed by atoms with E-state index in [9.17, 15) is 14.0 Å². The third kappa shape index (κ3) is 4.39. The Hall–Kier alpha value is -2.89. The lowest BCUT2D eigenvalue weighted by Gasteiger charge is -2.36. The summed E-state index contributed by atoms with van der Waals surface area (Å²) in [5.41, 5.74) is 2.28. The molecule has 1 saturated heterocycles. The fraction of sp³-hybridized carbons (Fsp3) is 0.300. The molecule has 1 aliphatic heterocycles. The van der Waals surface area contributed by atoms with E-state index in [1.165, 1.54) is 6.07 Å². The number of halogens is 1. The number of hydrogen-bond acceptors (Lipinski definition) is 3. The summed E-state index contributed by atoms with van der Waals surface area (Å²) in [4.78, 5) is 28.0. The van der Waals surface area contributed by atoms with Crippen LogP contribution in [0.5, 0.6) is 0 Å². The molecule has 2 aromatic rings. The number of nitrogens with one attached hydrogen (secondary N) is 1. The highest BCUT2D eigenvalue weighted by Gasteiger charge is 2.24. The molecule has 0 unspecified atom stereocenters. The van der Waals surface area contributed by atoms with Crippen molar-refractivity contribution in [3.8, 4) is 0 Å². The van der Waals surface area contributed by atoms with Crippen LogP contribution in [-0.2, 0) is 9.59 Å². The van der Waals surface area contributed by atoms with Gasteiger partial charge in [-0.2, -0.15) is 0 Å². The van der Waals surface area contributed by atoms with E-state index in [1.54, 1.807) is 29.2 Å². The molecule has 3 rings (SSSR count). The van der Waals surface area contributed by atoms with Crippen LogP contribution >= 0.6 is 0 Å². The molecule has 2 aromatic carbocycles. The summed E-state index contributed by atoms with van der Waals surface area (Å²) in [6, 6.07) is 14.1. The average molecular weight is 355 g/mol. The standard InChI is InChI=1S/C20H22FN3O2/c1-15-5-4-6-16(13-15)22-19(25)14-20(26)24-11-9-23(10-12-24)18-8-3-2-7-17(18)21/h2-8,13H,9-12,14H2,1H3,(H,22,25). The highest BCUT2D eigenvalue weighted by molar-refractivity contribution is 6.03. The predicted molar refractivity (Wildman–Crippen MR) is 99.6 cm³/mol. The van der Waals surface area contributed by atoms with Crippen LogP contribution in [0.2, 0.25) is 0 Å². The zero-order valence-corrected chi connectivity index (χ0v) is 14.7. The van der Waals surface area contributed by atoms with Gasteiger partial charge in [0.2, 0.25) is 11.8 Å². The van der Waals surface area contributed by atoms with E-state index in [0.29, 0.717) is 37.6 Å². The van der Waals surface area contributed by atoms with Crippen molar-refractivity contribution < 1.29 is 14.0 Å². The van der Waals surface area contributed by atoms with E-state index in [0.717, 1.165) is 5.56 Å². The fourth-order valence-corrected chi connectivity index (χ4v) is 3.08. The number of nitrogens with zero attached hydrogens (tertiary/aromatic N) is 2. The minimum absolute atomic E-state index is 0.187. The van der Waals surface area contributed by atoms with E-state index < -0.39 is 0 Å². The lowest BCUT2D eigenvalue weighted by molar-refractivity contribution is -0.134.